The monoisotopic (exact) mass is 1960 g/mol. The first-order valence-corrected chi connectivity index (χ1v) is 51.6. The zero-order valence-electron chi connectivity index (χ0n) is 82.2. The molecule has 26 nitrogen and oxygen atoms in total. The maximum atomic E-state index is 16.9. The molecule has 19 aliphatic rings. The smallest absolute Gasteiger partial charge is 0.375 e. The second kappa shape index (κ2) is 37.3. The molecular weight excluding hydrogens is 1820 g/mol. The topological polar surface area (TPSA) is 418 Å². The van der Waals surface area contributed by atoms with E-state index in [1.807, 2.05) is 39.0 Å². The fraction of sp³-hybridized carbons (Fsp3) is 0.716. The van der Waals surface area contributed by atoms with Gasteiger partial charge < -0.3 is 73.7 Å². The molecule has 20 rings (SSSR count). The van der Waals surface area contributed by atoms with E-state index < -0.39 is 163 Å². The lowest BCUT2D eigenvalue weighted by Gasteiger charge is -2.64. The molecule has 0 spiro atoms. The Morgan fingerprint density at radius 1 is 0.551 bits per heavy atom. The molecule has 0 bridgehead atoms. The number of fused-ring (bicyclic) bond motifs is 24. The van der Waals surface area contributed by atoms with Crippen molar-refractivity contribution in [3.05, 3.63) is 119 Å². The van der Waals surface area contributed by atoms with Crippen LogP contribution >= 0.6 is 23.2 Å². The van der Waals surface area contributed by atoms with E-state index in [-0.39, 0.29) is 160 Å². The lowest BCUT2D eigenvalue weighted by Crippen LogP contribution is -2.69. The second-order valence-electron chi connectivity index (χ2n) is 46.2. The van der Waals surface area contributed by atoms with Crippen molar-refractivity contribution in [3.8, 4) is 0 Å². The van der Waals surface area contributed by atoms with Crippen LogP contribution in [0, 0.1) is 126 Å². The molecule has 0 unspecified atom stereocenters. The molecule has 756 valence electrons. The van der Waals surface area contributed by atoms with Gasteiger partial charge in [-0.15, -0.1) is 23.2 Å². The van der Waals surface area contributed by atoms with Crippen LogP contribution in [0.15, 0.2) is 118 Å². The van der Waals surface area contributed by atoms with Gasteiger partial charge in [0.25, 0.3) is 0 Å². The highest BCUT2D eigenvalue weighted by molar-refractivity contribution is 6.29. The van der Waals surface area contributed by atoms with Crippen LogP contribution in [0.1, 0.15) is 262 Å². The van der Waals surface area contributed by atoms with Gasteiger partial charge in [-0.3, -0.25) is 47.9 Å². The molecule has 8 N–H and O–H groups in total. The number of esters is 2. The standard InChI is InChI=1S/C32H44O7.C27H30Cl2O6.C25H34O6.C22H29FO5.C3H6O2/c1-18(2)28(36)37-17-25(35)32-26(38-29(39-32)19-8-6-5-7-9-19)15-23-22-11-10-20-14-21(33)12-13-30(20,3)27(22)24(34)16-31(23,32)4;1-15-11-19-18-7-6-16-12-17(30)8-9-24(16,2)26(18,29)21(31)13-25(19,3)27(15,22(32)14-28)35-23(33)20-5-4-10-34-20;1-4-5-21-30-20-11-17-16-7-6-14-10-15(27)8-9-23(14,2)22(16)18(28)12-24(17,3)25(20,31-21)19(29)13-26;1-12-8-16-15-5-4-13-9-14(25)6-7-19(13,2)21(15,23)17(26)10-20(16,3)22(12,28)18(27)11-24;1-2-3(4)5/h12-14,18-19,22-24,26-27,29,34H,5-11,15-17H2,1-4H3;4-5,8-10,12,15,18-19,21,31H,6-7,11,13-14H2,1-3H3;8-10,16-18,20-22,26,28H,4-7,11-13H2,1-3H3;6-7,9,12,15-17,24,26,28H,4-5,8,10-11H2,1-3H3;2H2,1H3,(H,4,5)/t22-,23-,24-,26+,27+,29+,30-,31-,32+;15-,18+,19+,21+,24+,25+,26+,27+;16-,17-,18-,20+,21+,22+,23-,24-,25+;12-,15+,16+,17+,19+,20+,21+,22+;/m0101./s1. The number of carboxylic acids is 1. The van der Waals surface area contributed by atoms with Crippen LogP contribution in [-0.4, -0.2) is 213 Å². The van der Waals surface area contributed by atoms with Gasteiger partial charge in [-0.05, 0) is 237 Å². The molecule has 34 atom stereocenters. The van der Waals surface area contributed by atoms with Crippen LogP contribution in [0.2, 0.25) is 0 Å². The highest BCUT2D eigenvalue weighted by Crippen LogP contribution is 2.77. The molecule has 0 amide bonds. The molecular formula is C109H143Cl2FO26. The highest BCUT2D eigenvalue weighted by Gasteiger charge is 2.82. The van der Waals surface area contributed by atoms with Crippen molar-refractivity contribution in [2.24, 2.45) is 126 Å². The third-order valence-corrected chi connectivity index (χ3v) is 40.8. The molecule has 0 radical (unpaired) electrons. The van der Waals surface area contributed by atoms with E-state index in [4.69, 9.17) is 61.1 Å². The fourth-order valence-electron chi connectivity index (χ4n) is 33.1. The van der Waals surface area contributed by atoms with Crippen molar-refractivity contribution < 1.29 is 131 Å². The molecule has 1 aromatic heterocycles. The number of aliphatic hydroxyl groups is 7. The van der Waals surface area contributed by atoms with Gasteiger partial charge in [0.15, 0.2) is 82.1 Å². The Balaban J connectivity index is 0.000000132. The Hall–Kier alpha value is -6.96. The van der Waals surface area contributed by atoms with Gasteiger partial charge in [0, 0.05) is 79.3 Å². The number of alkyl halides is 3. The number of ketones is 8. The lowest BCUT2D eigenvalue weighted by molar-refractivity contribution is -0.219. The van der Waals surface area contributed by atoms with Gasteiger partial charge in [-0.2, -0.15) is 0 Å². The van der Waals surface area contributed by atoms with Gasteiger partial charge in [0.2, 0.25) is 11.5 Å². The normalized spacial score (nSPS) is 46.2. The number of allylic oxidation sites excluding steroid dienone is 16. The Kier molecular flexibility index (Phi) is 28.1. The van der Waals surface area contributed by atoms with E-state index in [0.29, 0.717) is 76.2 Å². The van der Waals surface area contributed by atoms with Crippen LogP contribution in [0.3, 0.4) is 0 Å². The number of ether oxygens (including phenoxy) is 6. The number of hydrogen-bond acceptors (Lipinski definition) is 25. The predicted octanol–water partition coefficient (Wildman–Crippen LogP) is 14.7. The Bertz CT molecular complexity index is 5290. The molecule has 17 aliphatic carbocycles. The zero-order valence-corrected chi connectivity index (χ0v) is 83.7. The molecule has 13 saturated carbocycles. The van der Waals surface area contributed by atoms with Gasteiger partial charge in [0.05, 0.1) is 59.6 Å². The number of furan rings is 1. The van der Waals surface area contributed by atoms with Crippen LogP contribution in [0.5, 0.6) is 0 Å². The van der Waals surface area contributed by atoms with Crippen molar-refractivity contribution in [2.75, 3.05) is 25.7 Å². The van der Waals surface area contributed by atoms with Gasteiger partial charge in [-0.1, -0.05) is 162 Å². The second-order valence-corrected chi connectivity index (χ2v) is 47.1. The summed E-state index contributed by atoms with van der Waals surface area (Å²) < 4.78 is 59.9. The summed E-state index contributed by atoms with van der Waals surface area (Å²) in [5, 5.41) is 84.7. The van der Waals surface area contributed by atoms with Crippen LogP contribution in [0.4, 0.5) is 4.39 Å². The highest BCUT2D eigenvalue weighted by atomic mass is 35.5. The third-order valence-electron chi connectivity index (χ3n) is 39.7. The number of hydrogen-bond donors (Lipinski definition) is 8. The summed E-state index contributed by atoms with van der Waals surface area (Å²) in [6, 6.07) is 3.07. The Morgan fingerprint density at radius 3 is 1.55 bits per heavy atom. The minimum atomic E-state index is -1.98. The molecule has 0 aromatic carbocycles. The number of aliphatic hydroxyl groups excluding tert-OH is 6. The van der Waals surface area contributed by atoms with Crippen LogP contribution in [-0.2, 0) is 76.4 Å². The number of carbonyl (C=O) groups excluding carboxylic acids is 10. The average Bonchev–Trinajstić information content (AvgIpc) is 1.48. The molecule has 15 fully saturated rings. The maximum Gasteiger partial charge on any atom is 0.375 e. The average molecular weight is 1960 g/mol. The minimum Gasteiger partial charge on any atom is -0.481 e. The summed E-state index contributed by atoms with van der Waals surface area (Å²) in [5.41, 5.74) is -9.61. The van der Waals surface area contributed by atoms with Crippen molar-refractivity contribution in [2.45, 2.75) is 333 Å². The first-order chi connectivity index (χ1) is 64.9. The van der Waals surface area contributed by atoms with E-state index in [0.717, 1.165) is 74.5 Å². The molecule has 1 aromatic rings. The van der Waals surface area contributed by atoms with E-state index in [1.165, 1.54) is 37.0 Å². The van der Waals surface area contributed by atoms with E-state index >= 15 is 4.39 Å². The van der Waals surface area contributed by atoms with Crippen molar-refractivity contribution in [3.63, 3.8) is 0 Å². The number of carboxylic acid groups (broad SMARTS) is 1. The number of Topliss-reactive ketones (excluding diaryl/α,β-unsaturated/α-hetero) is 4. The molecule has 29 heteroatoms. The zero-order chi connectivity index (χ0) is 100. The Labute approximate surface area is 818 Å². The summed E-state index contributed by atoms with van der Waals surface area (Å²) in [6.07, 6.45) is 32.6. The van der Waals surface area contributed by atoms with Gasteiger partial charge in [-0.25, -0.2) is 9.18 Å². The first kappa shape index (κ1) is 104. The lowest BCUT2D eigenvalue weighted by atomic mass is 9.44. The third kappa shape index (κ3) is 15.2. The van der Waals surface area contributed by atoms with Crippen LogP contribution in [0.25, 0.3) is 0 Å². The van der Waals surface area contributed by atoms with Crippen molar-refractivity contribution >= 4 is 87.4 Å². The Morgan fingerprint density at radius 2 is 1.04 bits per heavy atom. The van der Waals surface area contributed by atoms with E-state index in [9.17, 15) is 88.5 Å². The summed E-state index contributed by atoms with van der Waals surface area (Å²) in [5.74, 6) is -5.43. The molecule has 2 aliphatic heterocycles. The SMILES string of the molecule is CC(C)C(=O)OCC(=O)[C@@]12O[C@H](C3CCCCC3)O[C@@H]1C[C@H]1[C@@H]3CCC4=CC(=O)C=C[C@]4(C)[C@H]3[C@@H](O)C[C@@]12C.CCC(=O)O.CCC[C@@H]1O[C@@H]2C[C@H]3[C@@H]4CCC5=CC(=O)C=C[C@]5(C)[C@H]4[C@@H](O)C[C@]3(C)[C@]2(C(=O)CO)O1.C[C@@H]1C[C@H]2[C@@H]3CCC4=CC(=O)C=C[C@]4(C)[C@@]3(Cl)[C@@H](O)C[C@]2(C)[C@@]1(OC(=O)c1ccco1)C(=O)CCl.C[C@@H]1C[C@H]2[C@@H]3CCC4=CC(=O)C=C[C@]4(C)[C@@]3(F)[C@@H](O)C[C@]2(C)[C@@]1(O)C(=O)CO. The summed E-state index contributed by atoms with van der Waals surface area (Å²) >= 11 is 13.6. The van der Waals surface area contributed by atoms with E-state index in [2.05, 4.69) is 34.6 Å². The largest absolute Gasteiger partial charge is 0.481 e. The summed E-state index contributed by atoms with van der Waals surface area (Å²) in [6.45, 7) is 25.0. The fourth-order valence-corrected chi connectivity index (χ4v) is 33.8. The molecule has 3 heterocycles. The van der Waals surface area contributed by atoms with Crippen molar-refractivity contribution in [1.82, 2.24) is 0 Å². The van der Waals surface area contributed by atoms with Gasteiger partial charge >= 0.3 is 17.9 Å². The van der Waals surface area contributed by atoms with Crippen LogP contribution < -0.4 is 0 Å². The number of rotatable bonds is 16. The van der Waals surface area contributed by atoms with E-state index in [1.54, 1.807) is 84.1 Å². The predicted molar refractivity (Wildman–Crippen MR) is 504 cm³/mol. The number of carbonyl (C=O) groups is 11. The van der Waals surface area contributed by atoms with Crippen molar-refractivity contribution in [1.29, 1.82) is 0 Å². The molecule has 138 heavy (non-hydrogen) atoms. The maximum absolute atomic E-state index is 16.9. The summed E-state index contributed by atoms with van der Waals surface area (Å²) in [7, 11) is 0. The quantitative estimate of drug-likeness (QED) is 0.0563. The van der Waals surface area contributed by atoms with Gasteiger partial charge in [0.1, 0.15) is 18.8 Å². The number of aliphatic carboxylic acids is 1. The number of halogens is 3. The summed E-state index contributed by atoms with van der Waals surface area (Å²) in [4.78, 5) is 135. The minimum absolute atomic E-state index is 0.00557. The molecule has 2 saturated heterocycles. The first-order valence-electron chi connectivity index (χ1n) is 50.7.